The van der Waals surface area contributed by atoms with Gasteiger partial charge in [-0.3, -0.25) is 0 Å². The third-order valence-electron chi connectivity index (χ3n) is 4.25. The Morgan fingerprint density at radius 2 is 2.10 bits per heavy atom. The van der Waals surface area contributed by atoms with Crippen LogP contribution < -0.4 is 5.32 Å². The number of halogens is 1. The molecule has 2 aromatic rings. The van der Waals surface area contributed by atoms with Crippen LogP contribution in [0.2, 0.25) is 0 Å². The highest BCUT2D eigenvalue weighted by Crippen LogP contribution is 2.37. The molecule has 1 aromatic heterocycles. The van der Waals surface area contributed by atoms with E-state index in [-0.39, 0.29) is 5.82 Å². The van der Waals surface area contributed by atoms with Gasteiger partial charge in [-0.1, -0.05) is 18.6 Å². The Bertz CT molecular complexity index is 557. The normalized spacial score (nSPS) is 16.9. The SMILES string of the molecule is Cn1ccnc1CNC(c1ccc(F)cc1)C1CCC1. The summed E-state index contributed by atoms with van der Waals surface area (Å²) >= 11 is 0. The van der Waals surface area contributed by atoms with Gasteiger partial charge in [0.25, 0.3) is 0 Å². The molecule has 0 spiro atoms. The highest BCUT2D eigenvalue weighted by Gasteiger charge is 2.28. The molecule has 1 atom stereocenters. The molecule has 1 aliphatic carbocycles. The van der Waals surface area contributed by atoms with Gasteiger partial charge in [-0.15, -0.1) is 0 Å². The van der Waals surface area contributed by atoms with Crippen molar-refractivity contribution >= 4 is 0 Å². The average molecular weight is 273 g/mol. The summed E-state index contributed by atoms with van der Waals surface area (Å²) < 4.78 is 15.1. The van der Waals surface area contributed by atoms with Crippen molar-refractivity contribution in [3.63, 3.8) is 0 Å². The largest absolute Gasteiger partial charge is 0.337 e. The molecule has 20 heavy (non-hydrogen) atoms. The topological polar surface area (TPSA) is 29.9 Å². The van der Waals surface area contributed by atoms with E-state index in [1.54, 1.807) is 12.1 Å². The number of imidazole rings is 1. The third kappa shape index (κ3) is 2.75. The van der Waals surface area contributed by atoms with Crippen LogP contribution >= 0.6 is 0 Å². The predicted molar refractivity (Wildman–Crippen MR) is 76.5 cm³/mol. The van der Waals surface area contributed by atoms with Crippen LogP contribution in [0.5, 0.6) is 0 Å². The number of rotatable bonds is 5. The molecule has 0 bridgehead atoms. The van der Waals surface area contributed by atoms with E-state index in [0.29, 0.717) is 12.0 Å². The Balaban J connectivity index is 1.73. The Kier molecular flexibility index (Phi) is 3.83. The molecule has 1 aliphatic rings. The first-order valence-corrected chi connectivity index (χ1v) is 7.19. The molecule has 0 aliphatic heterocycles. The summed E-state index contributed by atoms with van der Waals surface area (Å²) in [4.78, 5) is 4.34. The van der Waals surface area contributed by atoms with Crippen molar-refractivity contribution in [2.24, 2.45) is 13.0 Å². The molecule has 106 valence electrons. The van der Waals surface area contributed by atoms with Gasteiger partial charge in [-0.25, -0.2) is 9.37 Å². The van der Waals surface area contributed by atoms with E-state index >= 15 is 0 Å². The molecule has 1 heterocycles. The van der Waals surface area contributed by atoms with E-state index in [2.05, 4.69) is 10.3 Å². The molecule has 0 amide bonds. The quantitative estimate of drug-likeness (QED) is 0.906. The van der Waals surface area contributed by atoms with Crippen LogP contribution in [0.25, 0.3) is 0 Å². The molecule has 1 aromatic carbocycles. The zero-order chi connectivity index (χ0) is 13.9. The lowest BCUT2D eigenvalue weighted by Crippen LogP contribution is -2.32. The molecule has 0 saturated heterocycles. The minimum absolute atomic E-state index is 0.176. The average Bonchev–Trinajstić information content (AvgIpc) is 2.79. The summed E-state index contributed by atoms with van der Waals surface area (Å²) in [7, 11) is 2.00. The van der Waals surface area contributed by atoms with Crippen LogP contribution in [0, 0.1) is 11.7 Å². The van der Waals surface area contributed by atoms with Crippen molar-refractivity contribution in [2.45, 2.75) is 31.8 Å². The van der Waals surface area contributed by atoms with Crippen molar-refractivity contribution in [3.8, 4) is 0 Å². The second kappa shape index (κ2) is 5.75. The van der Waals surface area contributed by atoms with E-state index < -0.39 is 0 Å². The Morgan fingerprint density at radius 3 is 2.65 bits per heavy atom. The van der Waals surface area contributed by atoms with Gasteiger partial charge in [0.2, 0.25) is 0 Å². The second-order valence-corrected chi connectivity index (χ2v) is 5.56. The van der Waals surface area contributed by atoms with Crippen LogP contribution in [0.3, 0.4) is 0 Å². The van der Waals surface area contributed by atoms with Crippen molar-refractivity contribution in [1.29, 1.82) is 0 Å². The predicted octanol–water partition coefficient (Wildman–Crippen LogP) is 3.19. The number of hydrogen-bond acceptors (Lipinski definition) is 2. The van der Waals surface area contributed by atoms with Gasteiger partial charge in [0.15, 0.2) is 0 Å². The van der Waals surface area contributed by atoms with Crippen LogP contribution in [-0.2, 0) is 13.6 Å². The molecule has 1 saturated carbocycles. The number of nitrogens with one attached hydrogen (secondary N) is 1. The number of benzene rings is 1. The molecule has 3 rings (SSSR count). The van der Waals surface area contributed by atoms with Gasteiger partial charge in [0.05, 0.1) is 6.54 Å². The molecule has 0 radical (unpaired) electrons. The van der Waals surface area contributed by atoms with E-state index in [1.807, 2.05) is 36.1 Å². The van der Waals surface area contributed by atoms with Crippen LogP contribution in [-0.4, -0.2) is 9.55 Å². The maximum absolute atomic E-state index is 13.1. The van der Waals surface area contributed by atoms with Gasteiger partial charge in [0, 0.05) is 25.5 Å². The van der Waals surface area contributed by atoms with Crippen molar-refractivity contribution in [1.82, 2.24) is 14.9 Å². The molecule has 1 unspecified atom stereocenters. The fraction of sp³-hybridized carbons (Fsp3) is 0.438. The van der Waals surface area contributed by atoms with E-state index in [0.717, 1.165) is 12.4 Å². The van der Waals surface area contributed by atoms with E-state index in [4.69, 9.17) is 0 Å². The molecular weight excluding hydrogens is 253 g/mol. The summed E-state index contributed by atoms with van der Waals surface area (Å²) in [6.45, 7) is 0.738. The smallest absolute Gasteiger partial charge is 0.123 e. The molecule has 1 N–H and O–H groups in total. The lowest BCUT2D eigenvalue weighted by atomic mass is 9.77. The summed E-state index contributed by atoms with van der Waals surface area (Å²) in [5.41, 5.74) is 1.17. The van der Waals surface area contributed by atoms with Crippen molar-refractivity contribution < 1.29 is 4.39 Å². The fourth-order valence-electron chi connectivity index (χ4n) is 2.77. The molecule has 1 fully saturated rings. The summed E-state index contributed by atoms with van der Waals surface area (Å²) in [5, 5.41) is 3.59. The van der Waals surface area contributed by atoms with E-state index in [1.165, 1.54) is 24.8 Å². The monoisotopic (exact) mass is 273 g/mol. The number of nitrogens with zero attached hydrogens (tertiary/aromatic N) is 2. The highest BCUT2D eigenvalue weighted by atomic mass is 19.1. The van der Waals surface area contributed by atoms with Crippen LogP contribution in [0.15, 0.2) is 36.7 Å². The lowest BCUT2D eigenvalue weighted by molar-refractivity contribution is 0.228. The summed E-state index contributed by atoms with van der Waals surface area (Å²) in [5.74, 6) is 1.50. The Hall–Kier alpha value is -1.68. The van der Waals surface area contributed by atoms with Crippen molar-refractivity contribution in [3.05, 3.63) is 53.9 Å². The lowest BCUT2D eigenvalue weighted by Gasteiger charge is -2.34. The maximum Gasteiger partial charge on any atom is 0.123 e. The number of hydrogen-bond donors (Lipinski definition) is 1. The minimum atomic E-state index is -0.176. The minimum Gasteiger partial charge on any atom is -0.337 e. The molecular formula is C16H20FN3. The first kappa shape index (κ1) is 13.3. The Morgan fingerprint density at radius 1 is 1.35 bits per heavy atom. The van der Waals surface area contributed by atoms with Crippen LogP contribution in [0.4, 0.5) is 4.39 Å². The van der Waals surface area contributed by atoms with Gasteiger partial charge in [-0.2, -0.15) is 0 Å². The van der Waals surface area contributed by atoms with Gasteiger partial charge in [0.1, 0.15) is 11.6 Å². The van der Waals surface area contributed by atoms with Gasteiger partial charge >= 0.3 is 0 Å². The van der Waals surface area contributed by atoms with Gasteiger partial charge in [-0.05, 0) is 36.5 Å². The molecule has 4 heteroatoms. The zero-order valence-electron chi connectivity index (χ0n) is 11.7. The second-order valence-electron chi connectivity index (χ2n) is 5.56. The third-order valence-corrected chi connectivity index (χ3v) is 4.25. The zero-order valence-corrected chi connectivity index (χ0v) is 11.7. The van der Waals surface area contributed by atoms with Crippen LogP contribution in [0.1, 0.15) is 36.7 Å². The highest BCUT2D eigenvalue weighted by molar-refractivity contribution is 5.21. The fourth-order valence-corrected chi connectivity index (χ4v) is 2.77. The Labute approximate surface area is 118 Å². The van der Waals surface area contributed by atoms with Crippen molar-refractivity contribution in [2.75, 3.05) is 0 Å². The molecule has 3 nitrogen and oxygen atoms in total. The maximum atomic E-state index is 13.1. The summed E-state index contributed by atoms with van der Waals surface area (Å²) in [6, 6.07) is 7.17. The summed E-state index contributed by atoms with van der Waals surface area (Å²) in [6.07, 6.45) is 7.55. The van der Waals surface area contributed by atoms with E-state index in [9.17, 15) is 4.39 Å². The number of aromatic nitrogens is 2. The standard InChI is InChI=1S/C16H20FN3/c1-20-10-9-18-15(20)11-19-16(12-3-2-4-12)13-5-7-14(17)8-6-13/h5-10,12,16,19H,2-4,11H2,1H3. The first-order valence-electron chi connectivity index (χ1n) is 7.19. The van der Waals surface area contributed by atoms with Gasteiger partial charge < -0.3 is 9.88 Å². The first-order chi connectivity index (χ1) is 9.74. The number of aryl methyl sites for hydroxylation is 1.